The van der Waals surface area contributed by atoms with E-state index in [4.69, 9.17) is 0 Å². The van der Waals surface area contributed by atoms with E-state index >= 15 is 0 Å². The Kier molecular flexibility index (Phi) is 6.31. The number of aliphatic hydroxyl groups excluding tert-OH is 1. The van der Waals surface area contributed by atoms with Gasteiger partial charge in [-0.05, 0) is 36.2 Å². The zero-order valence-corrected chi connectivity index (χ0v) is 16.3. The molecule has 6 heteroatoms. The van der Waals surface area contributed by atoms with E-state index in [1.54, 1.807) is 29.2 Å². The fourth-order valence-corrected chi connectivity index (χ4v) is 3.37. The minimum Gasteiger partial charge on any atom is -0.389 e. The van der Waals surface area contributed by atoms with Crippen molar-refractivity contribution in [1.82, 2.24) is 10.2 Å². The number of piperidine rings is 1. The van der Waals surface area contributed by atoms with Crippen LogP contribution in [0.2, 0.25) is 0 Å². The Balaban J connectivity index is 1.52. The second-order valence-corrected chi connectivity index (χ2v) is 7.38. The molecule has 0 unspecified atom stereocenters. The minimum absolute atomic E-state index is 0.00973. The number of aliphatic hydroxyl groups is 1. The summed E-state index contributed by atoms with van der Waals surface area (Å²) in [6, 6.07) is 16.5. The Bertz CT molecular complexity index is 806. The number of nitrogens with one attached hydrogen (secondary N) is 1. The summed E-state index contributed by atoms with van der Waals surface area (Å²) in [6.45, 7) is 0.750. The van der Waals surface area contributed by atoms with Gasteiger partial charge in [-0.2, -0.15) is 0 Å². The van der Waals surface area contributed by atoms with Crippen LogP contribution in [-0.2, 0) is 11.2 Å². The topological polar surface area (TPSA) is 72.9 Å². The fourth-order valence-electron chi connectivity index (χ4n) is 3.37. The lowest BCUT2D eigenvalue weighted by Crippen LogP contribution is -2.55. The van der Waals surface area contributed by atoms with E-state index in [0.717, 1.165) is 11.3 Å². The normalized spacial score (nSPS) is 19.2. The Morgan fingerprint density at radius 2 is 1.79 bits per heavy atom. The molecule has 28 heavy (non-hydrogen) atoms. The van der Waals surface area contributed by atoms with Gasteiger partial charge in [0.25, 0.3) is 5.91 Å². The van der Waals surface area contributed by atoms with Crippen LogP contribution in [0.4, 0.5) is 5.69 Å². The van der Waals surface area contributed by atoms with Crippen molar-refractivity contribution in [3.63, 3.8) is 0 Å². The molecule has 1 aliphatic rings. The van der Waals surface area contributed by atoms with Gasteiger partial charge in [0.2, 0.25) is 5.91 Å². The Morgan fingerprint density at radius 1 is 1.11 bits per heavy atom. The first-order valence-electron chi connectivity index (χ1n) is 9.52. The number of β-amino-alcohol motifs (C(OH)–C–C–N with tert-alkyl or cyclic N) is 1. The van der Waals surface area contributed by atoms with Crippen LogP contribution in [0.15, 0.2) is 54.6 Å². The smallest absolute Gasteiger partial charge is 0.251 e. The van der Waals surface area contributed by atoms with E-state index in [1.165, 1.54) is 0 Å². The lowest BCUT2D eigenvalue weighted by molar-refractivity contribution is -0.134. The van der Waals surface area contributed by atoms with Gasteiger partial charge in [0.1, 0.15) is 0 Å². The van der Waals surface area contributed by atoms with Crippen LogP contribution in [0, 0.1) is 0 Å². The van der Waals surface area contributed by atoms with E-state index in [-0.39, 0.29) is 24.4 Å². The van der Waals surface area contributed by atoms with Crippen LogP contribution >= 0.6 is 0 Å². The molecule has 2 amide bonds. The molecule has 2 N–H and O–H groups in total. The predicted molar refractivity (Wildman–Crippen MR) is 109 cm³/mol. The highest BCUT2D eigenvalue weighted by Crippen LogP contribution is 2.16. The van der Waals surface area contributed by atoms with Crippen LogP contribution in [-0.4, -0.2) is 61.2 Å². The summed E-state index contributed by atoms with van der Waals surface area (Å²) in [4.78, 5) is 28.6. The zero-order valence-electron chi connectivity index (χ0n) is 16.3. The third-order valence-electron chi connectivity index (χ3n) is 5.10. The van der Waals surface area contributed by atoms with Crippen LogP contribution < -0.4 is 10.2 Å². The summed E-state index contributed by atoms with van der Waals surface area (Å²) in [7, 11) is 3.95. The molecule has 2 atom stereocenters. The number of anilines is 1. The molecule has 0 aliphatic carbocycles. The third-order valence-corrected chi connectivity index (χ3v) is 5.10. The average Bonchev–Trinajstić information content (AvgIpc) is 2.70. The number of carbonyl (C=O) groups is 2. The first kappa shape index (κ1) is 19.9. The van der Waals surface area contributed by atoms with Crippen LogP contribution in [0.1, 0.15) is 22.3 Å². The summed E-state index contributed by atoms with van der Waals surface area (Å²) in [6.07, 6.45) is 0.0634. The van der Waals surface area contributed by atoms with Crippen molar-refractivity contribution in [3.8, 4) is 0 Å². The Hall–Kier alpha value is -2.86. The summed E-state index contributed by atoms with van der Waals surface area (Å²) in [5, 5.41) is 13.3. The fraction of sp³-hybridized carbons (Fsp3) is 0.364. The summed E-state index contributed by atoms with van der Waals surface area (Å²) < 4.78 is 0. The van der Waals surface area contributed by atoms with Crippen molar-refractivity contribution < 1.29 is 14.7 Å². The zero-order chi connectivity index (χ0) is 20.1. The standard InChI is InChI=1S/C22H27N3O3/c1-24(2)18-10-8-16(9-11-18)14-21(27)25-13-12-19(20(26)15-25)23-22(28)17-6-4-3-5-7-17/h3-11,19-20,26H,12-15H2,1-2H3,(H,23,28)/t19-,20-/m1/s1. The van der Waals surface area contributed by atoms with Crippen molar-refractivity contribution in [3.05, 3.63) is 65.7 Å². The van der Waals surface area contributed by atoms with E-state index in [1.807, 2.05) is 49.3 Å². The molecular formula is C22H27N3O3. The molecule has 0 bridgehead atoms. The maximum atomic E-state index is 12.6. The highest BCUT2D eigenvalue weighted by molar-refractivity contribution is 5.94. The van der Waals surface area contributed by atoms with Crippen molar-refractivity contribution in [2.24, 2.45) is 0 Å². The maximum absolute atomic E-state index is 12.6. The molecule has 148 valence electrons. The van der Waals surface area contributed by atoms with Crippen molar-refractivity contribution in [2.75, 3.05) is 32.1 Å². The number of benzene rings is 2. The first-order valence-corrected chi connectivity index (χ1v) is 9.52. The second kappa shape index (κ2) is 8.89. The number of rotatable bonds is 5. The molecule has 1 fully saturated rings. The van der Waals surface area contributed by atoms with Crippen molar-refractivity contribution in [2.45, 2.75) is 25.0 Å². The molecule has 0 spiro atoms. The van der Waals surface area contributed by atoms with Gasteiger partial charge in [0, 0.05) is 38.4 Å². The summed E-state index contributed by atoms with van der Waals surface area (Å²) >= 11 is 0. The highest BCUT2D eigenvalue weighted by Gasteiger charge is 2.31. The Morgan fingerprint density at radius 3 is 2.39 bits per heavy atom. The molecule has 0 saturated carbocycles. The minimum atomic E-state index is -0.776. The monoisotopic (exact) mass is 381 g/mol. The first-order chi connectivity index (χ1) is 13.4. The van der Waals surface area contributed by atoms with Crippen molar-refractivity contribution in [1.29, 1.82) is 0 Å². The van der Waals surface area contributed by atoms with Gasteiger partial charge in [-0.3, -0.25) is 9.59 Å². The van der Waals surface area contributed by atoms with Gasteiger partial charge in [-0.25, -0.2) is 0 Å². The van der Waals surface area contributed by atoms with Gasteiger partial charge in [-0.1, -0.05) is 30.3 Å². The number of hydrogen-bond donors (Lipinski definition) is 2. The van der Waals surface area contributed by atoms with Gasteiger partial charge in [0.05, 0.1) is 18.6 Å². The van der Waals surface area contributed by atoms with Gasteiger partial charge in [-0.15, -0.1) is 0 Å². The van der Waals surface area contributed by atoms with Gasteiger partial charge >= 0.3 is 0 Å². The van der Waals surface area contributed by atoms with E-state index in [2.05, 4.69) is 5.32 Å². The molecule has 1 aliphatic heterocycles. The number of nitrogens with zero attached hydrogens (tertiary/aromatic N) is 2. The molecule has 3 rings (SSSR count). The van der Waals surface area contributed by atoms with E-state index in [0.29, 0.717) is 24.9 Å². The SMILES string of the molecule is CN(C)c1ccc(CC(=O)N2CC[C@@H](NC(=O)c3ccccc3)[C@H](O)C2)cc1. The van der Waals surface area contributed by atoms with Gasteiger partial charge < -0.3 is 20.2 Å². The molecule has 6 nitrogen and oxygen atoms in total. The maximum Gasteiger partial charge on any atom is 0.251 e. The molecule has 2 aromatic carbocycles. The number of likely N-dealkylation sites (tertiary alicyclic amines) is 1. The number of carbonyl (C=O) groups excluding carboxylic acids is 2. The number of amides is 2. The highest BCUT2D eigenvalue weighted by atomic mass is 16.3. The van der Waals surface area contributed by atoms with Crippen LogP contribution in [0.25, 0.3) is 0 Å². The van der Waals surface area contributed by atoms with Crippen LogP contribution in [0.3, 0.4) is 0 Å². The quantitative estimate of drug-likeness (QED) is 0.827. The van der Waals surface area contributed by atoms with E-state index < -0.39 is 6.10 Å². The number of hydrogen-bond acceptors (Lipinski definition) is 4. The second-order valence-electron chi connectivity index (χ2n) is 7.38. The molecule has 0 radical (unpaired) electrons. The Labute approximate surface area is 165 Å². The van der Waals surface area contributed by atoms with Crippen LogP contribution in [0.5, 0.6) is 0 Å². The van der Waals surface area contributed by atoms with Gasteiger partial charge in [0.15, 0.2) is 0 Å². The lowest BCUT2D eigenvalue weighted by Gasteiger charge is -2.36. The summed E-state index contributed by atoms with van der Waals surface area (Å²) in [5.41, 5.74) is 2.60. The lowest BCUT2D eigenvalue weighted by atomic mass is 10.00. The predicted octanol–water partition coefficient (Wildman–Crippen LogP) is 1.69. The molecule has 1 heterocycles. The molecular weight excluding hydrogens is 354 g/mol. The molecule has 0 aromatic heterocycles. The van der Waals surface area contributed by atoms with E-state index in [9.17, 15) is 14.7 Å². The molecule has 2 aromatic rings. The summed E-state index contributed by atoms with van der Waals surface area (Å²) in [5.74, 6) is -0.213. The average molecular weight is 381 g/mol. The van der Waals surface area contributed by atoms with Crippen molar-refractivity contribution >= 4 is 17.5 Å². The largest absolute Gasteiger partial charge is 0.389 e. The molecule has 1 saturated heterocycles. The third kappa shape index (κ3) is 4.89.